The average Bonchev–Trinajstić information content (AvgIpc) is 2.49. The van der Waals surface area contributed by atoms with Crippen LogP contribution in [-0.4, -0.2) is 5.91 Å². The number of hydrogen-bond acceptors (Lipinski definition) is 1. The molecule has 0 radical (unpaired) electrons. The van der Waals surface area contributed by atoms with Gasteiger partial charge in [-0.15, -0.1) is 6.58 Å². The van der Waals surface area contributed by atoms with Gasteiger partial charge in [0.05, 0.1) is 5.69 Å². The fourth-order valence-corrected chi connectivity index (χ4v) is 2.78. The Morgan fingerprint density at radius 1 is 1.10 bits per heavy atom. The minimum absolute atomic E-state index is 0.0115. The molecule has 0 fully saturated rings. The Balaban J connectivity index is 2.10. The Morgan fingerprint density at radius 3 is 2.55 bits per heavy atom. The minimum Gasteiger partial charge on any atom is -0.281 e. The predicted octanol–water partition coefficient (Wildman–Crippen LogP) is 4.10. The molecule has 20 heavy (non-hydrogen) atoms. The van der Waals surface area contributed by atoms with Crippen LogP contribution in [0.15, 0.2) is 67.3 Å². The highest BCUT2D eigenvalue weighted by Crippen LogP contribution is 2.37. The lowest BCUT2D eigenvalue weighted by Crippen LogP contribution is -2.37. The van der Waals surface area contributed by atoms with Crippen LogP contribution in [0.5, 0.6) is 0 Å². The number of para-hydroxylation sites is 2. The molecule has 1 aliphatic rings. The van der Waals surface area contributed by atoms with E-state index < -0.39 is 0 Å². The summed E-state index contributed by atoms with van der Waals surface area (Å²) in [5.41, 5.74) is 3.16. The van der Waals surface area contributed by atoms with Crippen molar-refractivity contribution in [3.63, 3.8) is 0 Å². The molecule has 1 atom stereocenters. The second kappa shape index (κ2) is 5.33. The van der Waals surface area contributed by atoms with E-state index in [0.29, 0.717) is 0 Å². The molecular formula is C18H17NO. The van der Waals surface area contributed by atoms with E-state index in [0.717, 1.165) is 24.2 Å². The van der Waals surface area contributed by atoms with Gasteiger partial charge in [0.25, 0.3) is 0 Å². The smallest absolute Gasteiger partial charge is 0.235 e. The largest absolute Gasteiger partial charge is 0.281 e. The lowest BCUT2D eigenvalue weighted by molar-refractivity contribution is -0.121. The first-order valence-corrected chi connectivity index (χ1v) is 6.89. The SMILES string of the molecule is C=CC[C@@H]1Cc2ccccc2N(c2ccccc2)C1=O. The summed E-state index contributed by atoms with van der Waals surface area (Å²) in [6.07, 6.45) is 3.35. The van der Waals surface area contributed by atoms with Crippen molar-refractivity contribution in [2.75, 3.05) is 4.90 Å². The number of rotatable bonds is 3. The molecule has 0 aliphatic carbocycles. The van der Waals surface area contributed by atoms with Gasteiger partial charge in [-0.25, -0.2) is 0 Å². The lowest BCUT2D eigenvalue weighted by atomic mass is 9.89. The van der Waals surface area contributed by atoms with Crippen molar-refractivity contribution < 1.29 is 4.79 Å². The second-order valence-electron chi connectivity index (χ2n) is 5.06. The molecule has 2 aromatic rings. The molecule has 1 heterocycles. The van der Waals surface area contributed by atoms with Crippen LogP contribution in [0.1, 0.15) is 12.0 Å². The van der Waals surface area contributed by atoms with Crippen LogP contribution < -0.4 is 4.90 Å². The summed E-state index contributed by atoms with van der Waals surface area (Å²) in [5, 5.41) is 0. The van der Waals surface area contributed by atoms with Crippen LogP contribution in [0.4, 0.5) is 11.4 Å². The van der Waals surface area contributed by atoms with E-state index in [-0.39, 0.29) is 11.8 Å². The monoisotopic (exact) mass is 263 g/mol. The first-order chi connectivity index (χ1) is 9.81. The average molecular weight is 263 g/mol. The summed E-state index contributed by atoms with van der Waals surface area (Å²) >= 11 is 0. The van der Waals surface area contributed by atoms with Gasteiger partial charge in [-0.3, -0.25) is 9.69 Å². The first-order valence-electron chi connectivity index (χ1n) is 6.89. The van der Waals surface area contributed by atoms with E-state index in [2.05, 4.69) is 12.6 Å². The maximum atomic E-state index is 12.8. The minimum atomic E-state index is -0.0115. The van der Waals surface area contributed by atoms with Crippen LogP contribution in [0.2, 0.25) is 0 Å². The fourth-order valence-electron chi connectivity index (χ4n) is 2.78. The molecule has 100 valence electrons. The maximum Gasteiger partial charge on any atom is 0.235 e. The normalized spacial score (nSPS) is 17.7. The molecular weight excluding hydrogens is 246 g/mol. The summed E-state index contributed by atoms with van der Waals surface area (Å²) in [6.45, 7) is 3.77. The van der Waals surface area contributed by atoms with Gasteiger partial charge in [0, 0.05) is 11.6 Å². The van der Waals surface area contributed by atoms with Crippen molar-refractivity contribution in [2.45, 2.75) is 12.8 Å². The molecule has 0 bridgehead atoms. The van der Waals surface area contributed by atoms with E-state index in [4.69, 9.17) is 0 Å². The Kier molecular flexibility index (Phi) is 3.38. The Labute approximate surface area is 119 Å². The molecule has 0 saturated heterocycles. The van der Waals surface area contributed by atoms with Crippen LogP contribution in [0.25, 0.3) is 0 Å². The van der Waals surface area contributed by atoms with E-state index in [9.17, 15) is 4.79 Å². The van der Waals surface area contributed by atoms with E-state index >= 15 is 0 Å². The Morgan fingerprint density at radius 2 is 1.80 bits per heavy atom. The van der Waals surface area contributed by atoms with Gasteiger partial charge in [0.1, 0.15) is 0 Å². The number of anilines is 2. The number of carbonyl (C=O) groups excluding carboxylic acids is 1. The zero-order chi connectivity index (χ0) is 13.9. The molecule has 0 saturated carbocycles. The van der Waals surface area contributed by atoms with Gasteiger partial charge in [0.15, 0.2) is 0 Å². The Hall–Kier alpha value is -2.35. The highest BCUT2D eigenvalue weighted by Gasteiger charge is 2.32. The van der Waals surface area contributed by atoms with Crippen molar-refractivity contribution in [3.05, 3.63) is 72.8 Å². The van der Waals surface area contributed by atoms with Crippen molar-refractivity contribution in [1.82, 2.24) is 0 Å². The van der Waals surface area contributed by atoms with Gasteiger partial charge in [-0.2, -0.15) is 0 Å². The van der Waals surface area contributed by atoms with Crippen molar-refractivity contribution in [3.8, 4) is 0 Å². The molecule has 2 nitrogen and oxygen atoms in total. The molecule has 1 aliphatic heterocycles. The van der Waals surface area contributed by atoms with E-state index in [1.54, 1.807) is 0 Å². The van der Waals surface area contributed by atoms with Crippen molar-refractivity contribution in [1.29, 1.82) is 0 Å². The summed E-state index contributed by atoms with van der Waals surface area (Å²) < 4.78 is 0. The van der Waals surface area contributed by atoms with Crippen molar-refractivity contribution >= 4 is 17.3 Å². The standard InChI is InChI=1S/C18H17NO/c1-2-8-15-13-14-9-6-7-12-17(14)19(18(15)20)16-10-4-3-5-11-16/h2-7,9-12,15H,1,8,13H2/t15-/m1/s1. The third-order valence-corrected chi connectivity index (χ3v) is 3.73. The number of nitrogens with zero attached hydrogens (tertiary/aromatic N) is 1. The molecule has 1 amide bonds. The van der Waals surface area contributed by atoms with E-state index in [1.165, 1.54) is 5.56 Å². The Bertz CT molecular complexity index is 633. The zero-order valence-electron chi connectivity index (χ0n) is 11.3. The van der Waals surface area contributed by atoms with Crippen LogP contribution in [0.3, 0.4) is 0 Å². The first kappa shape index (κ1) is 12.7. The molecule has 0 N–H and O–H groups in total. The van der Waals surface area contributed by atoms with Gasteiger partial charge in [0.2, 0.25) is 5.91 Å². The highest BCUT2D eigenvalue weighted by atomic mass is 16.2. The van der Waals surface area contributed by atoms with E-state index in [1.807, 2.05) is 59.5 Å². The molecule has 2 aromatic carbocycles. The molecule has 2 heteroatoms. The highest BCUT2D eigenvalue weighted by molar-refractivity contribution is 6.04. The van der Waals surface area contributed by atoms with Gasteiger partial charge < -0.3 is 0 Å². The summed E-state index contributed by atoms with van der Waals surface area (Å²) in [7, 11) is 0. The topological polar surface area (TPSA) is 20.3 Å². The quantitative estimate of drug-likeness (QED) is 0.763. The van der Waals surface area contributed by atoms with Crippen molar-refractivity contribution in [2.24, 2.45) is 5.92 Å². The number of benzene rings is 2. The molecule has 0 unspecified atom stereocenters. The summed E-state index contributed by atoms with van der Waals surface area (Å²) in [6, 6.07) is 18.0. The molecule has 0 aromatic heterocycles. The second-order valence-corrected chi connectivity index (χ2v) is 5.06. The predicted molar refractivity (Wildman–Crippen MR) is 82.0 cm³/mol. The van der Waals surface area contributed by atoms with Crippen LogP contribution >= 0.6 is 0 Å². The van der Waals surface area contributed by atoms with Crippen LogP contribution in [0, 0.1) is 5.92 Å². The molecule has 3 rings (SSSR count). The fraction of sp³-hybridized carbons (Fsp3) is 0.167. The maximum absolute atomic E-state index is 12.8. The zero-order valence-corrected chi connectivity index (χ0v) is 11.3. The van der Waals surface area contributed by atoms with Gasteiger partial charge in [-0.1, -0.05) is 42.5 Å². The summed E-state index contributed by atoms with van der Waals surface area (Å²) in [5.74, 6) is 0.150. The number of hydrogen-bond donors (Lipinski definition) is 0. The lowest BCUT2D eigenvalue weighted by Gasteiger charge is -2.34. The number of carbonyl (C=O) groups is 1. The number of amides is 1. The van der Waals surface area contributed by atoms with Gasteiger partial charge >= 0.3 is 0 Å². The summed E-state index contributed by atoms with van der Waals surface area (Å²) in [4.78, 5) is 14.6. The third-order valence-electron chi connectivity index (χ3n) is 3.73. The van der Waals surface area contributed by atoms with Gasteiger partial charge in [-0.05, 0) is 36.6 Å². The van der Waals surface area contributed by atoms with Crippen LogP contribution in [-0.2, 0) is 11.2 Å². The number of allylic oxidation sites excluding steroid dienone is 1. The number of fused-ring (bicyclic) bond motifs is 1. The molecule has 0 spiro atoms. The third kappa shape index (κ3) is 2.14.